The molecule has 4 nitrogen and oxygen atoms in total. The van der Waals surface area contributed by atoms with E-state index in [1.165, 1.54) is 5.56 Å². The van der Waals surface area contributed by atoms with Crippen LogP contribution in [0.25, 0.3) is 0 Å². The number of hydrogen-bond acceptors (Lipinski definition) is 2. The lowest BCUT2D eigenvalue weighted by molar-refractivity contribution is 0.0843. The number of ketones is 1. The van der Waals surface area contributed by atoms with E-state index >= 15 is 0 Å². The number of benzene rings is 1. The highest BCUT2D eigenvalue weighted by molar-refractivity contribution is 5.99. The summed E-state index contributed by atoms with van der Waals surface area (Å²) in [6.07, 6.45) is 1.51. The van der Waals surface area contributed by atoms with Crippen molar-refractivity contribution in [2.24, 2.45) is 5.92 Å². The van der Waals surface area contributed by atoms with Gasteiger partial charge in [0.2, 0.25) is 0 Å². The fourth-order valence-corrected chi connectivity index (χ4v) is 2.93. The Bertz CT molecular complexity index is 544. The van der Waals surface area contributed by atoms with Crippen molar-refractivity contribution in [1.82, 2.24) is 9.80 Å². The molecule has 1 aromatic carbocycles. The highest BCUT2D eigenvalue weighted by Crippen LogP contribution is 2.24. The minimum Gasteiger partial charge on any atom is -0.331 e. The summed E-state index contributed by atoms with van der Waals surface area (Å²) in [7, 11) is 3.52. The topological polar surface area (TPSA) is 40.6 Å². The molecule has 0 unspecified atom stereocenters. The zero-order chi connectivity index (χ0) is 15.6. The molecular formula is C17H24N2O2. The summed E-state index contributed by atoms with van der Waals surface area (Å²) in [6, 6.07) is 6.01. The number of piperidine rings is 1. The molecule has 1 fully saturated rings. The molecule has 1 saturated heterocycles. The fourth-order valence-electron chi connectivity index (χ4n) is 2.93. The third-order valence-electron chi connectivity index (χ3n) is 4.17. The summed E-state index contributed by atoms with van der Waals surface area (Å²) in [4.78, 5) is 27.9. The molecule has 21 heavy (non-hydrogen) atoms. The van der Waals surface area contributed by atoms with Gasteiger partial charge in [0.05, 0.1) is 0 Å². The summed E-state index contributed by atoms with van der Waals surface area (Å²) in [5.74, 6) is 0.266. The van der Waals surface area contributed by atoms with Crippen LogP contribution < -0.4 is 0 Å². The Kier molecular flexibility index (Phi) is 4.66. The number of Topliss-reactive ketones (excluding diaryl/α,β-unsaturated/α-hetero) is 1. The molecule has 0 spiro atoms. The number of aryl methyl sites for hydroxylation is 2. The second-order valence-corrected chi connectivity index (χ2v) is 6.12. The Hall–Kier alpha value is -1.84. The van der Waals surface area contributed by atoms with Crippen LogP contribution >= 0.6 is 0 Å². The lowest BCUT2D eigenvalue weighted by Crippen LogP contribution is -2.45. The van der Waals surface area contributed by atoms with Crippen LogP contribution in [-0.4, -0.2) is 48.8 Å². The predicted octanol–water partition coefficient (Wildman–Crippen LogP) is 2.88. The van der Waals surface area contributed by atoms with Crippen molar-refractivity contribution in [1.29, 1.82) is 0 Å². The smallest absolute Gasteiger partial charge is 0.319 e. The summed E-state index contributed by atoms with van der Waals surface area (Å²) >= 11 is 0. The van der Waals surface area contributed by atoms with Crippen molar-refractivity contribution in [2.75, 3.05) is 27.2 Å². The number of rotatable bonds is 2. The lowest BCUT2D eigenvalue weighted by atomic mass is 9.87. The van der Waals surface area contributed by atoms with E-state index in [1.54, 1.807) is 19.0 Å². The van der Waals surface area contributed by atoms with E-state index in [0.29, 0.717) is 13.1 Å². The number of likely N-dealkylation sites (tertiary alicyclic amines) is 1. The van der Waals surface area contributed by atoms with Gasteiger partial charge in [-0.2, -0.15) is 0 Å². The van der Waals surface area contributed by atoms with Gasteiger partial charge in [-0.1, -0.05) is 23.8 Å². The first-order valence-corrected chi connectivity index (χ1v) is 7.48. The fraction of sp³-hybridized carbons (Fsp3) is 0.529. The van der Waals surface area contributed by atoms with E-state index in [1.807, 2.05) is 30.9 Å². The van der Waals surface area contributed by atoms with Gasteiger partial charge in [-0.15, -0.1) is 0 Å². The first-order chi connectivity index (χ1) is 9.90. The molecule has 0 aromatic heterocycles. The predicted molar refractivity (Wildman–Crippen MR) is 83.6 cm³/mol. The zero-order valence-corrected chi connectivity index (χ0v) is 13.3. The van der Waals surface area contributed by atoms with Crippen LogP contribution in [0.3, 0.4) is 0 Å². The molecule has 1 aliphatic rings. The maximum atomic E-state index is 12.6. The first kappa shape index (κ1) is 15.5. The molecule has 0 N–H and O–H groups in total. The van der Waals surface area contributed by atoms with Crippen molar-refractivity contribution in [3.8, 4) is 0 Å². The van der Waals surface area contributed by atoms with Gasteiger partial charge in [-0.05, 0) is 32.3 Å². The van der Waals surface area contributed by atoms with Crippen LogP contribution in [0.4, 0.5) is 4.79 Å². The Morgan fingerprint density at radius 1 is 1.14 bits per heavy atom. The van der Waals surface area contributed by atoms with Gasteiger partial charge in [0, 0.05) is 38.7 Å². The van der Waals surface area contributed by atoms with Crippen LogP contribution in [0.2, 0.25) is 0 Å². The van der Waals surface area contributed by atoms with Crippen LogP contribution in [0.15, 0.2) is 18.2 Å². The highest BCUT2D eigenvalue weighted by atomic mass is 16.2. The van der Waals surface area contributed by atoms with Crippen molar-refractivity contribution in [3.05, 3.63) is 34.9 Å². The van der Waals surface area contributed by atoms with E-state index < -0.39 is 0 Å². The molecule has 2 amide bonds. The molecule has 1 heterocycles. The molecule has 1 aromatic rings. The van der Waals surface area contributed by atoms with Crippen molar-refractivity contribution in [2.45, 2.75) is 26.7 Å². The molecule has 1 aliphatic heterocycles. The van der Waals surface area contributed by atoms with Crippen LogP contribution in [0.1, 0.15) is 34.3 Å². The molecule has 0 bridgehead atoms. The molecule has 4 heteroatoms. The second kappa shape index (κ2) is 6.29. The quantitative estimate of drug-likeness (QED) is 0.785. The highest BCUT2D eigenvalue weighted by Gasteiger charge is 2.29. The van der Waals surface area contributed by atoms with E-state index in [2.05, 4.69) is 6.07 Å². The molecule has 114 valence electrons. The van der Waals surface area contributed by atoms with E-state index in [-0.39, 0.29) is 17.7 Å². The van der Waals surface area contributed by atoms with Gasteiger partial charge >= 0.3 is 6.03 Å². The minimum atomic E-state index is 0.0346. The van der Waals surface area contributed by atoms with E-state index in [0.717, 1.165) is 24.0 Å². The SMILES string of the molecule is Cc1ccc(C(=O)C2CCN(C(=O)N(C)C)CC2)c(C)c1. The van der Waals surface area contributed by atoms with E-state index in [4.69, 9.17) is 0 Å². The van der Waals surface area contributed by atoms with E-state index in [9.17, 15) is 9.59 Å². The summed E-state index contributed by atoms with van der Waals surface area (Å²) in [5, 5.41) is 0. The van der Waals surface area contributed by atoms with Crippen LogP contribution in [0, 0.1) is 19.8 Å². The maximum Gasteiger partial charge on any atom is 0.319 e. The van der Waals surface area contributed by atoms with Gasteiger partial charge in [0.1, 0.15) is 0 Å². The number of hydrogen-bond donors (Lipinski definition) is 0. The zero-order valence-electron chi connectivity index (χ0n) is 13.3. The molecule has 0 saturated carbocycles. The molecule has 0 aliphatic carbocycles. The monoisotopic (exact) mass is 288 g/mol. The van der Waals surface area contributed by atoms with Gasteiger partial charge in [-0.25, -0.2) is 4.79 Å². The summed E-state index contributed by atoms with van der Waals surface area (Å²) in [6.45, 7) is 5.36. The molecule has 0 radical (unpaired) electrons. The number of carbonyl (C=O) groups excluding carboxylic acids is 2. The summed E-state index contributed by atoms with van der Waals surface area (Å²) < 4.78 is 0. The van der Waals surface area contributed by atoms with Crippen LogP contribution in [0.5, 0.6) is 0 Å². The molecule has 0 atom stereocenters. The average Bonchev–Trinajstić information content (AvgIpc) is 2.46. The van der Waals surface area contributed by atoms with Gasteiger partial charge in [-0.3, -0.25) is 4.79 Å². The lowest BCUT2D eigenvalue weighted by Gasteiger charge is -2.33. The maximum absolute atomic E-state index is 12.6. The minimum absolute atomic E-state index is 0.0346. The second-order valence-electron chi connectivity index (χ2n) is 6.12. The number of amides is 2. The van der Waals surface area contributed by atoms with Gasteiger partial charge in [0.25, 0.3) is 0 Å². The van der Waals surface area contributed by atoms with Gasteiger partial charge in [0.15, 0.2) is 5.78 Å². The Morgan fingerprint density at radius 3 is 2.29 bits per heavy atom. The Morgan fingerprint density at radius 2 is 1.76 bits per heavy atom. The third-order valence-corrected chi connectivity index (χ3v) is 4.17. The van der Waals surface area contributed by atoms with Crippen LogP contribution in [-0.2, 0) is 0 Å². The summed E-state index contributed by atoms with van der Waals surface area (Å²) in [5.41, 5.74) is 3.06. The van der Waals surface area contributed by atoms with Gasteiger partial charge < -0.3 is 9.80 Å². The van der Waals surface area contributed by atoms with Crippen molar-refractivity contribution < 1.29 is 9.59 Å². The number of nitrogens with zero attached hydrogens (tertiary/aromatic N) is 2. The largest absolute Gasteiger partial charge is 0.331 e. The average molecular weight is 288 g/mol. The number of urea groups is 1. The first-order valence-electron chi connectivity index (χ1n) is 7.48. The normalized spacial score (nSPS) is 15.9. The Labute approximate surface area is 126 Å². The Balaban J connectivity index is 2.02. The third kappa shape index (κ3) is 3.43. The van der Waals surface area contributed by atoms with Crippen molar-refractivity contribution in [3.63, 3.8) is 0 Å². The standard InChI is InChI=1S/C17H24N2O2/c1-12-5-6-15(13(2)11-12)16(20)14-7-9-19(10-8-14)17(21)18(3)4/h5-6,11,14H,7-10H2,1-4H3. The van der Waals surface area contributed by atoms with Crippen molar-refractivity contribution >= 4 is 11.8 Å². The molecular weight excluding hydrogens is 264 g/mol. The molecule has 2 rings (SSSR count). The number of carbonyl (C=O) groups is 2.